The average Bonchev–Trinajstić information content (AvgIpc) is 2.26. The molecule has 0 bridgehead atoms. The van der Waals surface area contributed by atoms with Crippen LogP contribution >= 0.6 is 0 Å². The highest BCUT2D eigenvalue weighted by molar-refractivity contribution is 7.90. The first-order valence-corrected chi connectivity index (χ1v) is 7.62. The molecule has 1 unspecified atom stereocenters. The molecule has 1 aliphatic heterocycles. The second kappa shape index (κ2) is 4.22. The van der Waals surface area contributed by atoms with Crippen LogP contribution in [0.2, 0.25) is 0 Å². The van der Waals surface area contributed by atoms with Gasteiger partial charge in [0.1, 0.15) is 0 Å². The van der Waals surface area contributed by atoms with Gasteiger partial charge in [0.25, 0.3) is 0 Å². The second-order valence-electron chi connectivity index (χ2n) is 4.83. The number of para-hydroxylation sites is 1. The zero-order chi connectivity index (χ0) is 12.6. The molecule has 0 saturated carbocycles. The molecule has 4 nitrogen and oxygen atoms in total. The van der Waals surface area contributed by atoms with E-state index in [0.29, 0.717) is 22.5 Å². The van der Waals surface area contributed by atoms with Gasteiger partial charge in [0, 0.05) is 18.8 Å². The van der Waals surface area contributed by atoms with Crippen molar-refractivity contribution in [2.45, 2.75) is 24.8 Å². The van der Waals surface area contributed by atoms with Crippen molar-refractivity contribution in [3.05, 3.63) is 18.2 Å². The Morgan fingerprint density at radius 3 is 2.65 bits per heavy atom. The van der Waals surface area contributed by atoms with Crippen molar-refractivity contribution in [1.29, 1.82) is 0 Å². The third kappa shape index (κ3) is 2.39. The molecule has 0 aromatic heterocycles. The zero-order valence-electron chi connectivity index (χ0n) is 10.3. The highest BCUT2D eigenvalue weighted by Gasteiger charge is 2.24. The van der Waals surface area contributed by atoms with Gasteiger partial charge in [0.05, 0.1) is 16.3 Å². The number of nitrogens with one attached hydrogen (secondary N) is 2. The summed E-state index contributed by atoms with van der Waals surface area (Å²) in [4.78, 5) is 0.365. The molecule has 1 aromatic carbocycles. The minimum atomic E-state index is -3.18. The molecule has 1 atom stereocenters. The van der Waals surface area contributed by atoms with Crippen LogP contribution in [-0.2, 0) is 9.84 Å². The topological polar surface area (TPSA) is 58.2 Å². The summed E-state index contributed by atoms with van der Waals surface area (Å²) in [5.74, 6) is 0.498. The van der Waals surface area contributed by atoms with E-state index in [-0.39, 0.29) is 0 Å². The first-order chi connectivity index (χ1) is 7.89. The Hall–Kier alpha value is -1.23. The van der Waals surface area contributed by atoms with Crippen LogP contribution < -0.4 is 10.6 Å². The van der Waals surface area contributed by atoms with E-state index in [0.717, 1.165) is 12.2 Å². The van der Waals surface area contributed by atoms with E-state index < -0.39 is 9.84 Å². The smallest absolute Gasteiger partial charge is 0.177 e. The van der Waals surface area contributed by atoms with Crippen molar-refractivity contribution in [3.8, 4) is 0 Å². The fourth-order valence-corrected chi connectivity index (χ4v) is 2.89. The van der Waals surface area contributed by atoms with Crippen LogP contribution in [0.3, 0.4) is 0 Å². The van der Waals surface area contributed by atoms with Gasteiger partial charge < -0.3 is 10.6 Å². The van der Waals surface area contributed by atoms with Crippen LogP contribution in [0, 0.1) is 5.92 Å². The lowest BCUT2D eigenvalue weighted by Crippen LogP contribution is -2.37. The molecule has 0 saturated heterocycles. The minimum absolute atomic E-state index is 0.331. The fourth-order valence-electron chi connectivity index (χ4n) is 2.01. The van der Waals surface area contributed by atoms with Gasteiger partial charge in [-0.15, -0.1) is 0 Å². The summed E-state index contributed by atoms with van der Waals surface area (Å²) in [5.41, 5.74) is 1.57. The lowest BCUT2D eigenvalue weighted by Gasteiger charge is -2.31. The first-order valence-electron chi connectivity index (χ1n) is 5.73. The van der Waals surface area contributed by atoms with Crippen LogP contribution in [-0.4, -0.2) is 27.3 Å². The van der Waals surface area contributed by atoms with Crippen LogP contribution in [0.4, 0.5) is 11.4 Å². The van der Waals surface area contributed by atoms with Gasteiger partial charge in [-0.2, -0.15) is 0 Å². The SMILES string of the molecule is CC(C)C1CNc2c(cccc2S(C)(=O)=O)N1. The van der Waals surface area contributed by atoms with Crippen molar-refractivity contribution >= 4 is 21.2 Å². The number of rotatable bonds is 2. The van der Waals surface area contributed by atoms with Gasteiger partial charge in [-0.25, -0.2) is 8.42 Å². The molecule has 1 aliphatic rings. The molecule has 5 heteroatoms. The largest absolute Gasteiger partial charge is 0.380 e. The maximum absolute atomic E-state index is 11.7. The van der Waals surface area contributed by atoms with Crippen LogP contribution in [0.15, 0.2) is 23.1 Å². The lowest BCUT2D eigenvalue weighted by atomic mass is 10.0. The van der Waals surface area contributed by atoms with E-state index in [4.69, 9.17) is 0 Å². The standard InChI is InChI=1S/C12H18N2O2S/c1-8(2)10-7-13-12-9(14-10)5-4-6-11(12)17(3,15)16/h4-6,8,10,13-14H,7H2,1-3H3. The van der Waals surface area contributed by atoms with Gasteiger partial charge in [-0.1, -0.05) is 19.9 Å². The second-order valence-corrected chi connectivity index (χ2v) is 6.81. The molecule has 94 valence electrons. The summed E-state index contributed by atoms with van der Waals surface area (Å²) in [7, 11) is -3.18. The van der Waals surface area contributed by atoms with Crippen LogP contribution in [0.1, 0.15) is 13.8 Å². The molecule has 0 fully saturated rings. The minimum Gasteiger partial charge on any atom is -0.380 e. The van der Waals surface area contributed by atoms with Crippen molar-refractivity contribution in [2.75, 3.05) is 23.4 Å². The molecule has 0 aliphatic carbocycles. The molecule has 17 heavy (non-hydrogen) atoms. The lowest BCUT2D eigenvalue weighted by molar-refractivity contribution is 0.535. The number of anilines is 2. The fraction of sp³-hybridized carbons (Fsp3) is 0.500. The average molecular weight is 254 g/mol. The number of sulfone groups is 1. The quantitative estimate of drug-likeness (QED) is 0.847. The Balaban J connectivity index is 2.43. The number of hydrogen-bond acceptors (Lipinski definition) is 4. The third-order valence-corrected chi connectivity index (χ3v) is 4.21. The molecular formula is C12H18N2O2S. The predicted molar refractivity (Wildman–Crippen MR) is 70.3 cm³/mol. The normalized spacial score (nSPS) is 19.4. The predicted octanol–water partition coefficient (Wildman–Crippen LogP) is 1.95. The third-order valence-electron chi connectivity index (χ3n) is 3.07. The Morgan fingerprint density at radius 2 is 2.06 bits per heavy atom. The molecule has 2 N–H and O–H groups in total. The highest BCUT2D eigenvalue weighted by atomic mass is 32.2. The van der Waals surface area contributed by atoms with Crippen molar-refractivity contribution in [3.63, 3.8) is 0 Å². The Labute approximate surface area is 102 Å². The molecule has 0 radical (unpaired) electrons. The van der Waals surface area contributed by atoms with E-state index in [2.05, 4.69) is 24.5 Å². The maximum Gasteiger partial charge on any atom is 0.177 e. The number of hydrogen-bond donors (Lipinski definition) is 2. The first kappa shape index (κ1) is 12.2. The van der Waals surface area contributed by atoms with Gasteiger partial charge in [0.2, 0.25) is 0 Å². The van der Waals surface area contributed by atoms with Crippen molar-refractivity contribution < 1.29 is 8.42 Å². The van der Waals surface area contributed by atoms with E-state index >= 15 is 0 Å². The molecular weight excluding hydrogens is 236 g/mol. The van der Waals surface area contributed by atoms with Gasteiger partial charge in [-0.05, 0) is 18.1 Å². The Kier molecular flexibility index (Phi) is 3.03. The van der Waals surface area contributed by atoms with E-state index in [1.54, 1.807) is 12.1 Å². The molecule has 0 spiro atoms. The van der Waals surface area contributed by atoms with Crippen LogP contribution in [0.25, 0.3) is 0 Å². The van der Waals surface area contributed by atoms with Gasteiger partial charge in [0.15, 0.2) is 9.84 Å². The highest BCUT2D eigenvalue weighted by Crippen LogP contribution is 2.33. The summed E-state index contributed by atoms with van der Waals surface area (Å²) in [6, 6.07) is 5.65. The van der Waals surface area contributed by atoms with Crippen molar-refractivity contribution in [2.24, 2.45) is 5.92 Å². The molecule has 1 heterocycles. The molecule has 1 aromatic rings. The Bertz CT molecular complexity index is 523. The number of fused-ring (bicyclic) bond motifs is 1. The van der Waals surface area contributed by atoms with Crippen LogP contribution in [0.5, 0.6) is 0 Å². The maximum atomic E-state index is 11.7. The van der Waals surface area contributed by atoms with Gasteiger partial charge in [-0.3, -0.25) is 0 Å². The summed E-state index contributed by atoms with van der Waals surface area (Å²) < 4.78 is 23.3. The van der Waals surface area contributed by atoms with E-state index in [1.165, 1.54) is 6.26 Å². The molecule has 0 amide bonds. The number of benzene rings is 1. The molecule has 2 rings (SSSR count). The summed E-state index contributed by atoms with van der Waals surface area (Å²) in [6.45, 7) is 5.03. The monoisotopic (exact) mass is 254 g/mol. The Morgan fingerprint density at radius 1 is 1.35 bits per heavy atom. The van der Waals surface area contributed by atoms with E-state index in [1.807, 2.05) is 6.07 Å². The summed E-state index contributed by atoms with van der Waals surface area (Å²) in [6.07, 6.45) is 1.23. The summed E-state index contributed by atoms with van der Waals surface area (Å²) in [5, 5.41) is 6.61. The van der Waals surface area contributed by atoms with Gasteiger partial charge >= 0.3 is 0 Å². The summed E-state index contributed by atoms with van der Waals surface area (Å²) >= 11 is 0. The van der Waals surface area contributed by atoms with E-state index in [9.17, 15) is 8.42 Å². The van der Waals surface area contributed by atoms with Crippen molar-refractivity contribution in [1.82, 2.24) is 0 Å². The zero-order valence-corrected chi connectivity index (χ0v) is 11.1.